The molecule has 0 amide bonds. The molecule has 1 heterocycles. The van der Waals surface area contributed by atoms with Gasteiger partial charge in [0.05, 0.1) is 22.8 Å². The Labute approximate surface area is 117 Å². The first-order valence-electron chi connectivity index (χ1n) is 5.77. The van der Waals surface area contributed by atoms with Crippen LogP contribution in [0.3, 0.4) is 0 Å². The van der Waals surface area contributed by atoms with Crippen LogP contribution in [0.2, 0.25) is 5.02 Å². The molecule has 7 heteroatoms. The summed E-state index contributed by atoms with van der Waals surface area (Å²) in [7, 11) is -3.33. The van der Waals surface area contributed by atoms with E-state index in [1.807, 2.05) is 6.07 Å². The molecule has 1 aromatic heterocycles. The van der Waals surface area contributed by atoms with E-state index in [1.165, 1.54) is 0 Å². The molecular weight excluding hydrogens is 286 g/mol. The molecule has 2 aromatic rings. The third-order valence-electron chi connectivity index (χ3n) is 2.66. The van der Waals surface area contributed by atoms with Crippen LogP contribution in [0, 0.1) is 0 Å². The van der Waals surface area contributed by atoms with Crippen LogP contribution >= 0.6 is 11.6 Å². The molecule has 19 heavy (non-hydrogen) atoms. The highest BCUT2D eigenvalue weighted by Crippen LogP contribution is 2.28. The standard InChI is InChI=1S/C12H14ClN3O2S/c1-2-19(17,18)16-11-5-3-4-9(12(11)13)6-10-7-14-8-15-10/h3-5,7-8,16H,2,6H2,1H3,(H,14,15). The number of nitrogens with one attached hydrogen (secondary N) is 2. The van der Waals surface area contributed by atoms with E-state index in [1.54, 1.807) is 31.6 Å². The Kier molecular flexibility index (Phi) is 4.11. The average molecular weight is 300 g/mol. The average Bonchev–Trinajstić information content (AvgIpc) is 2.87. The highest BCUT2D eigenvalue weighted by molar-refractivity contribution is 7.92. The van der Waals surface area contributed by atoms with Gasteiger partial charge >= 0.3 is 0 Å². The van der Waals surface area contributed by atoms with Crippen LogP contribution in [0.25, 0.3) is 0 Å². The van der Waals surface area contributed by atoms with Crippen molar-refractivity contribution < 1.29 is 8.42 Å². The largest absolute Gasteiger partial charge is 0.348 e. The fourth-order valence-electron chi connectivity index (χ4n) is 1.62. The van der Waals surface area contributed by atoms with E-state index in [4.69, 9.17) is 11.6 Å². The van der Waals surface area contributed by atoms with E-state index in [-0.39, 0.29) is 5.75 Å². The molecule has 0 aliphatic rings. The molecule has 0 saturated heterocycles. The first-order chi connectivity index (χ1) is 9.02. The predicted octanol–water partition coefficient (Wildman–Crippen LogP) is 2.42. The molecule has 5 nitrogen and oxygen atoms in total. The summed E-state index contributed by atoms with van der Waals surface area (Å²) in [6, 6.07) is 5.27. The summed E-state index contributed by atoms with van der Waals surface area (Å²) in [5, 5.41) is 0.411. The normalized spacial score (nSPS) is 11.5. The number of aromatic amines is 1. The lowest BCUT2D eigenvalue weighted by Gasteiger charge is -2.11. The van der Waals surface area contributed by atoms with Crippen LogP contribution in [0.1, 0.15) is 18.2 Å². The Bertz CT molecular complexity index is 654. The topological polar surface area (TPSA) is 74.8 Å². The predicted molar refractivity (Wildman–Crippen MR) is 75.9 cm³/mol. The molecule has 0 spiro atoms. The van der Waals surface area contributed by atoms with Crippen molar-refractivity contribution in [2.45, 2.75) is 13.3 Å². The molecular formula is C12H14ClN3O2S. The van der Waals surface area contributed by atoms with Gasteiger partial charge in [0.25, 0.3) is 0 Å². The SMILES string of the molecule is CCS(=O)(=O)Nc1cccc(Cc2cnc[nH]2)c1Cl. The van der Waals surface area contributed by atoms with Crippen molar-refractivity contribution in [2.75, 3.05) is 10.5 Å². The van der Waals surface area contributed by atoms with Crippen molar-refractivity contribution >= 4 is 27.3 Å². The highest BCUT2D eigenvalue weighted by Gasteiger charge is 2.12. The van der Waals surface area contributed by atoms with E-state index in [9.17, 15) is 8.42 Å². The number of sulfonamides is 1. The first kappa shape index (κ1) is 13.9. The molecule has 0 atom stereocenters. The zero-order valence-corrected chi connectivity index (χ0v) is 11.9. The Morgan fingerprint density at radius 3 is 2.84 bits per heavy atom. The first-order valence-corrected chi connectivity index (χ1v) is 7.80. The molecule has 0 fully saturated rings. The lowest BCUT2D eigenvalue weighted by Crippen LogP contribution is -2.15. The fourth-order valence-corrected chi connectivity index (χ4v) is 2.57. The molecule has 0 aliphatic heterocycles. The molecule has 0 bridgehead atoms. The van der Waals surface area contributed by atoms with Crippen molar-refractivity contribution in [3.8, 4) is 0 Å². The molecule has 102 valence electrons. The molecule has 0 radical (unpaired) electrons. The summed E-state index contributed by atoms with van der Waals surface area (Å²) in [5.41, 5.74) is 2.15. The van der Waals surface area contributed by atoms with E-state index in [0.29, 0.717) is 17.1 Å². The van der Waals surface area contributed by atoms with Gasteiger partial charge in [-0.15, -0.1) is 0 Å². The van der Waals surface area contributed by atoms with Crippen molar-refractivity contribution in [1.82, 2.24) is 9.97 Å². The number of hydrogen-bond donors (Lipinski definition) is 2. The van der Waals surface area contributed by atoms with Crippen molar-refractivity contribution in [2.24, 2.45) is 0 Å². The number of hydrogen-bond acceptors (Lipinski definition) is 3. The maximum absolute atomic E-state index is 11.6. The molecule has 2 rings (SSSR count). The lowest BCUT2D eigenvalue weighted by molar-refractivity contribution is 0.602. The second kappa shape index (κ2) is 5.63. The molecule has 2 N–H and O–H groups in total. The van der Waals surface area contributed by atoms with E-state index < -0.39 is 10.0 Å². The summed E-state index contributed by atoms with van der Waals surface area (Å²) >= 11 is 6.23. The minimum Gasteiger partial charge on any atom is -0.348 e. The van der Waals surface area contributed by atoms with Gasteiger partial charge in [-0.05, 0) is 18.6 Å². The smallest absolute Gasteiger partial charge is 0.232 e. The number of aromatic nitrogens is 2. The second-order valence-corrected chi connectivity index (χ2v) is 6.43. The van der Waals surface area contributed by atoms with Gasteiger partial charge in [0, 0.05) is 18.3 Å². The van der Waals surface area contributed by atoms with E-state index >= 15 is 0 Å². The number of rotatable bonds is 5. The van der Waals surface area contributed by atoms with Crippen LogP contribution in [0.15, 0.2) is 30.7 Å². The summed E-state index contributed by atoms with van der Waals surface area (Å²) in [5.74, 6) is 0.00804. The van der Waals surface area contributed by atoms with Crippen LogP contribution in [-0.4, -0.2) is 24.1 Å². The van der Waals surface area contributed by atoms with Gasteiger partial charge < -0.3 is 4.98 Å². The van der Waals surface area contributed by atoms with Crippen LogP contribution in [0.4, 0.5) is 5.69 Å². The number of nitrogens with zero attached hydrogens (tertiary/aromatic N) is 1. The van der Waals surface area contributed by atoms with Gasteiger partial charge in [-0.2, -0.15) is 0 Å². The van der Waals surface area contributed by atoms with Crippen LogP contribution in [0.5, 0.6) is 0 Å². The highest BCUT2D eigenvalue weighted by atomic mass is 35.5. The maximum atomic E-state index is 11.6. The summed E-state index contributed by atoms with van der Waals surface area (Å²) in [4.78, 5) is 6.92. The Morgan fingerprint density at radius 1 is 1.42 bits per heavy atom. The third-order valence-corrected chi connectivity index (χ3v) is 4.40. The van der Waals surface area contributed by atoms with Gasteiger partial charge in [-0.1, -0.05) is 23.7 Å². The van der Waals surface area contributed by atoms with E-state index in [2.05, 4.69) is 14.7 Å². The Hall–Kier alpha value is -1.53. The number of H-pyrrole nitrogens is 1. The molecule has 1 aromatic carbocycles. The monoisotopic (exact) mass is 299 g/mol. The number of halogens is 1. The summed E-state index contributed by atoms with van der Waals surface area (Å²) in [6.45, 7) is 1.57. The van der Waals surface area contributed by atoms with Gasteiger partial charge in [-0.25, -0.2) is 13.4 Å². The van der Waals surface area contributed by atoms with Crippen molar-refractivity contribution in [3.05, 3.63) is 47.0 Å². The van der Waals surface area contributed by atoms with Crippen molar-refractivity contribution in [1.29, 1.82) is 0 Å². The number of anilines is 1. The van der Waals surface area contributed by atoms with E-state index in [0.717, 1.165) is 11.3 Å². The number of imidazole rings is 1. The molecule has 0 saturated carbocycles. The van der Waals surface area contributed by atoms with Crippen LogP contribution < -0.4 is 4.72 Å². The Morgan fingerprint density at radius 2 is 2.21 bits per heavy atom. The van der Waals surface area contributed by atoms with Gasteiger partial charge in [0.15, 0.2) is 0 Å². The molecule has 0 unspecified atom stereocenters. The van der Waals surface area contributed by atoms with Gasteiger partial charge in [0.1, 0.15) is 0 Å². The minimum absolute atomic E-state index is 0.00804. The van der Waals surface area contributed by atoms with Crippen LogP contribution in [-0.2, 0) is 16.4 Å². The quantitative estimate of drug-likeness (QED) is 0.890. The third kappa shape index (κ3) is 3.48. The maximum Gasteiger partial charge on any atom is 0.232 e. The second-order valence-electron chi connectivity index (χ2n) is 4.04. The lowest BCUT2D eigenvalue weighted by atomic mass is 10.1. The van der Waals surface area contributed by atoms with Gasteiger partial charge in [0.2, 0.25) is 10.0 Å². The zero-order chi connectivity index (χ0) is 13.9. The van der Waals surface area contributed by atoms with Crippen molar-refractivity contribution in [3.63, 3.8) is 0 Å². The zero-order valence-electron chi connectivity index (χ0n) is 10.4. The molecule has 0 aliphatic carbocycles. The fraction of sp³-hybridized carbons (Fsp3) is 0.250. The minimum atomic E-state index is -3.33. The number of benzene rings is 1. The Balaban J connectivity index is 2.28. The van der Waals surface area contributed by atoms with Gasteiger partial charge in [-0.3, -0.25) is 4.72 Å². The summed E-state index contributed by atoms with van der Waals surface area (Å²) < 4.78 is 25.6. The summed E-state index contributed by atoms with van der Waals surface area (Å²) in [6.07, 6.45) is 3.87.